The lowest BCUT2D eigenvalue weighted by Gasteiger charge is -2.38. The molecule has 1 saturated heterocycles. The van der Waals surface area contributed by atoms with Gasteiger partial charge in [0.1, 0.15) is 16.4 Å². The molecule has 2 aromatic rings. The Morgan fingerprint density at radius 1 is 1.31 bits per heavy atom. The van der Waals surface area contributed by atoms with Gasteiger partial charge in [-0.2, -0.15) is 0 Å². The lowest BCUT2D eigenvalue weighted by molar-refractivity contribution is 0.0126. The Hall–Kier alpha value is -2.19. The number of halogens is 1. The number of nitrogens with two attached hydrogens (primary N) is 2. The summed E-state index contributed by atoms with van der Waals surface area (Å²) in [7, 11) is 0. The van der Waals surface area contributed by atoms with E-state index in [4.69, 9.17) is 27.8 Å². The summed E-state index contributed by atoms with van der Waals surface area (Å²) < 4.78 is 5.22. The molecule has 3 rings (SSSR count). The van der Waals surface area contributed by atoms with Crippen LogP contribution in [-0.4, -0.2) is 34.8 Å². The van der Waals surface area contributed by atoms with Gasteiger partial charge in [-0.05, 0) is 19.1 Å². The van der Waals surface area contributed by atoms with Gasteiger partial charge in [-0.1, -0.05) is 29.4 Å². The van der Waals surface area contributed by atoms with Gasteiger partial charge in [0.25, 0.3) is 0 Å². The van der Waals surface area contributed by atoms with Crippen LogP contribution in [-0.2, 0) is 4.74 Å². The first-order valence-corrected chi connectivity index (χ1v) is 9.33. The van der Waals surface area contributed by atoms with Crippen molar-refractivity contribution in [2.24, 2.45) is 5.73 Å². The van der Waals surface area contributed by atoms with Crippen molar-refractivity contribution in [1.82, 2.24) is 9.97 Å². The van der Waals surface area contributed by atoms with Gasteiger partial charge >= 0.3 is 6.09 Å². The van der Waals surface area contributed by atoms with Gasteiger partial charge in [0.15, 0.2) is 0 Å². The van der Waals surface area contributed by atoms with Crippen LogP contribution in [0.1, 0.15) is 19.8 Å². The summed E-state index contributed by atoms with van der Waals surface area (Å²) in [6.45, 7) is 3.33. The third-order valence-electron chi connectivity index (χ3n) is 4.31. The van der Waals surface area contributed by atoms with Crippen molar-refractivity contribution in [3.05, 3.63) is 35.6 Å². The fraction of sp³-hybridized carbons (Fsp3) is 0.353. The molecule has 0 atom stereocenters. The zero-order valence-electron chi connectivity index (χ0n) is 14.3. The lowest BCUT2D eigenvalue weighted by atomic mass is 9.93. The lowest BCUT2D eigenvalue weighted by Crippen LogP contribution is -2.46. The molecule has 138 valence electrons. The number of carbonyl (C=O) groups excluding carboxylic acids is 1. The van der Waals surface area contributed by atoms with E-state index >= 15 is 0 Å². The quantitative estimate of drug-likeness (QED) is 0.767. The maximum atomic E-state index is 11.0. The average molecular weight is 394 g/mol. The molecule has 0 spiro atoms. The minimum atomic E-state index is -0.734. The fourth-order valence-electron chi connectivity index (χ4n) is 2.80. The van der Waals surface area contributed by atoms with Crippen molar-refractivity contribution < 1.29 is 9.53 Å². The summed E-state index contributed by atoms with van der Waals surface area (Å²) in [5, 5.41) is 1.26. The predicted molar refractivity (Wildman–Crippen MR) is 103 cm³/mol. The molecule has 0 unspecified atom stereocenters. The minimum Gasteiger partial charge on any atom is -0.443 e. The Morgan fingerprint density at radius 2 is 2.04 bits per heavy atom. The van der Waals surface area contributed by atoms with Crippen molar-refractivity contribution >= 4 is 41.0 Å². The number of hydrogen-bond donors (Lipinski definition) is 2. The van der Waals surface area contributed by atoms with Crippen LogP contribution in [0.25, 0.3) is 0 Å². The van der Waals surface area contributed by atoms with Gasteiger partial charge in [0.2, 0.25) is 0 Å². The summed E-state index contributed by atoms with van der Waals surface area (Å²) in [4.78, 5) is 22.9. The van der Waals surface area contributed by atoms with Gasteiger partial charge in [-0.15, -0.1) is 0 Å². The molecule has 1 amide bonds. The summed E-state index contributed by atoms with van der Waals surface area (Å²) in [6, 6.07) is 5.50. The van der Waals surface area contributed by atoms with E-state index in [1.165, 1.54) is 11.8 Å². The van der Waals surface area contributed by atoms with Crippen molar-refractivity contribution in [1.29, 1.82) is 0 Å². The molecule has 1 aliphatic rings. The molecular weight excluding hydrogens is 374 g/mol. The van der Waals surface area contributed by atoms with Gasteiger partial charge in [0, 0.05) is 30.8 Å². The molecule has 4 N–H and O–H groups in total. The number of nitrogens with zero attached hydrogens (tertiary/aromatic N) is 3. The number of aromatic nitrogens is 2. The number of ether oxygens (including phenoxy) is 1. The Balaban J connectivity index is 1.63. The monoisotopic (exact) mass is 393 g/mol. The Bertz CT molecular complexity index is 794. The number of hydrogen-bond acceptors (Lipinski definition) is 7. The summed E-state index contributed by atoms with van der Waals surface area (Å²) in [5.41, 5.74) is 11.0. The van der Waals surface area contributed by atoms with Crippen molar-refractivity contribution in [3.8, 4) is 0 Å². The molecular formula is C17H20ClN5O2S. The van der Waals surface area contributed by atoms with Gasteiger partial charge in [0.05, 0.1) is 23.1 Å². The highest BCUT2D eigenvalue weighted by atomic mass is 35.5. The summed E-state index contributed by atoms with van der Waals surface area (Å²) >= 11 is 7.63. The van der Waals surface area contributed by atoms with Crippen LogP contribution >= 0.6 is 23.4 Å². The average Bonchev–Trinajstić information content (AvgIpc) is 2.59. The highest BCUT2D eigenvalue weighted by Crippen LogP contribution is 2.35. The third kappa shape index (κ3) is 4.31. The molecule has 7 nitrogen and oxygen atoms in total. The van der Waals surface area contributed by atoms with E-state index in [1.54, 1.807) is 18.5 Å². The van der Waals surface area contributed by atoms with Crippen LogP contribution in [0.15, 0.2) is 40.5 Å². The number of carbonyl (C=O) groups is 1. The van der Waals surface area contributed by atoms with Gasteiger partial charge < -0.3 is 21.1 Å². The van der Waals surface area contributed by atoms with E-state index in [0.717, 1.165) is 15.7 Å². The molecule has 9 heteroatoms. The number of anilines is 2. The van der Waals surface area contributed by atoms with Crippen LogP contribution in [0.3, 0.4) is 0 Å². The zero-order chi connectivity index (χ0) is 18.7. The molecule has 1 aromatic carbocycles. The normalized spacial score (nSPS) is 16.3. The van der Waals surface area contributed by atoms with Crippen LogP contribution in [0, 0.1) is 0 Å². The number of amides is 1. The number of piperidine rings is 1. The largest absolute Gasteiger partial charge is 0.443 e. The Morgan fingerprint density at radius 3 is 2.65 bits per heavy atom. The van der Waals surface area contributed by atoms with Crippen LogP contribution in [0.5, 0.6) is 0 Å². The van der Waals surface area contributed by atoms with E-state index in [9.17, 15) is 4.79 Å². The maximum Gasteiger partial charge on any atom is 0.405 e. The van der Waals surface area contributed by atoms with Crippen molar-refractivity contribution in [2.45, 2.75) is 35.3 Å². The molecule has 0 saturated carbocycles. The van der Waals surface area contributed by atoms with E-state index in [-0.39, 0.29) is 0 Å². The number of rotatable bonds is 4. The molecule has 1 fully saturated rings. The molecule has 0 bridgehead atoms. The second kappa shape index (κ2) is 7.59. The van der Waals surface area contributed by atoms with Gasteiger partial charge in [-0.3, -0.25) is 0 Å². The minimum absolute atomic E-state index is 0.518. The van der Waals surface area contributed by atoms with E-state index in [0.29, 0.717) is 36.6 Å². The topological polar surface area (TPSA) is 107 Å². The smallest absolute Gasteiger partial charge is 0.405 e. The highest BCUT2D eigenvalue weighted by Gasteiger charge is 2.33. The molecule has 1 aromatic heterocycles. The second-order valence-electron chi connectivity index (χ2n) is 6.33. The first kappa shape index (κ1) is 18.6. The Kier molecular flexibility index (Phi) is 5.43. The van der Waals surface area contributed by atoms with Crippen molar-refractivity contribution in [3.63, 3.8) is 0 Å². The molecule has 1 aliphatic heterocycles. The molecule has 0 radical (unpaired) electrons. The first-order chi connectivity index (χ1) is 12.4. The SMILES string of the molecule is CC1(OC(N)=O)CCN(c2cnc(Sc3cccc(N)c3Cl)cn2)CC1. The third-order valence-corrected chi connectivity index (χ3v) is 5.83. The van der Waals surface area contributed by atoms with Crippen LogP contribution < -0.4 is 16.4 Å². The highest BCUT2D eigenvalue weighted by molar-refractivity contribution is 7.99. The van der Waals surface area contributed by atoms with Gasteiger partial charge in [-0.25, -0.2) is 14.8 Å². The number of nitrogen functional groups attached to an aromatic ring is 1. The molecule has 26 heavy (non-hydrogen) atoms. The fourth-order valence-corrected chi connectivity index (χ4v) is 3.83. The summed E-state index contributed by atoms with van der Waals surface area (Å²) in [6.07, 6.45) is 4.09. The summed E-state index contributed by atoms with van der Waals surface area (Å²) in [5.74, 6) is 0.786. The van der Waals surface area contributed by atoms with E-state index < -0.39 is 11.7 Å². The number of primary amides is 1. The van der Waals surface area contributed by atoms with E-state index in [1.807, 2.05) is 19.1 Å². The van der Waals surface area contributed by atoms with Crippen LogP contribution in [0.4, 0.5) is 16.3 Å². The standard InChI is InChI=1S/C17H20ClN5O2S/c1-17(25-16(20)24)5-7-23(8-6-17)13-9-22-14(10-21-13)26-12-4-2-3-11(19)15(12)18/h2-4,9-10H,5-8,19H2,1H3,(H2,20,24). The Labute approximate surface area is 161 Å². The van der Waals surface area contributed by atoms with E-state index in [2.05, 4.69) is 14.9 Å². The predicted octanol–water partition coefficient (Wildman–Crippen LogP) is 3.32. The first-order valence-electron chi connectivity index (χ1n) is 8.14. The zero-order valence-corrected chi connectivity index (χ0v) is 15.9. The maximum absolute atomic E-state index is 11.0. The molecule has 0 aliphatic carbocycles. The molecule has 2 heterocycles. The van der Waals surface area contributed by atoms with Crippen LogP contribution in [0.2, 0.25) is 5.02 Å². The number of benzene rings is 1. The van der Waals surface area contributed by atoms with Crippen molar-refractivity contribution in [2.75, 3.05) is 23.7 Å². The second-order valence-corrected chi connectivity index (χ2v) is 7.77.